The van der Waals surface area contributed by atoms with Gasteiger partial charge in [0.05, 0.1) is 0 Å². The normalized spacial score (nSPS) is 15.1. The van der Waals surface area contributed by atoms with E-state index in [0.717, 1.165) is 29.7 Å². The summed E-state index contributed by atoms with van der Waals surface area (Å²) in [7, 11) is 0. The molecule has 0 saturated heterocycles. The van der Waals surface area contributed by atoms with E-state index < -0.39 is 12.1 Å². The summed E-state index contributed by atoms with van der Waals surface area (Å²) < 4.78 is 16.2. The molecule has 1 aliphatic rings. The Morgan fingerprint density at radius 2 is 1.70 bits per heavy atom. The van der Waals surface area contributed by atoms with Crippen LogP contribution in [0.25, 0.3) is 0 Å². The Morgan fingerprint density at radius 1 is 1.04 bits per heavy atom. The van der Waals surface area contributed by atoms with Gasteiger partial charge in [0.25, 0.3) is 5.91 Å². The highest BCUT2D eigenvalue weighted by atomic mass is 16.6. The molecule has 0 bridgehead atoms. The number of nitrogens with one attached hydrogen (secondary N) is 1. The molecule has 2 aromatic rings. The standard InChI is InChI=1S/C21H23NO5/c1-3-14-8-7-9-15(4-2)20(14)22-19(23)13-26-21(24)18-12-25-16-10-5-6-11-17(16)27-18/h5-11,18H,3-4,12-13H2,1-2H3,(H,22,23)/t18-/m1/s1. The first-order chi connectivity index (χ1) is 13.1. The molecule has 0 aliphatic carbocycles. The fraction of sp³-hybridized carbons (Fsp3) is 0.333. The van der Waals surface area contributed by atoms with Crippen molar-refractivity contribution >= 4 is 17.6 Å². The first-order valence-electron chi connectivity index (χ1n) is 9.08. The Kier molecular flexibility index (Phi) is 5.96. The lowest BCUT2D eigenvalue weighted by Crippen LogP contribution is -2.39. The van der Waals surface area contributed by atoms with Crippen LogP contribution in [0.4, 0.5) is 5.69 Å². The number of carbonyl (C=O) groups excluding carboxylic acids is 2. The number of rotatable bonds is 6. The summed E-state index contributed by atoms with van der Waals surface area (Å²) in [6.07, 6.45) is 0.716. The van der Waals surface area contributed by atoms with Crippen molar-refractivity contribution in [1.29, 1.82) is 0 Å². The Balaban J connectivity index is 1.56. The maximum Gasteiger partial charge on any atom is 0.351 e. The van der Waals surface area contributed by atoms with E-state index in [0.29, 0.717) is 11.5 Å². The third kappa shape index (κ3) is 4.39. The predicted octanol–water partition coefficient (Wildman–Crippen LogP) is 3.13. The zero-order valence-corrected chi connectivity index (χ0v) is 15.5. The van der Waals surface area contributed by atoms with Crippen LogP contribution in [0, 0.1) is 0 Å². The van der Waals surface area contributed by atoms with Crippen LogP contribution in [0.15, 0.2) is 42.5 Å². The molecule has 0 radical (unpaired) electrons. The zero-order valence-electron chi connectivity index (χ0n) is 15.5. The first-order valence-corrected chi connectivity index (χ1v) is 9.08. The summed E-state index contributed by atoms with van der Waals surface area (Å²) in [6, 6.07) is 13.0. The lowest BCUT2D eigenvalue weighted by molar-refractivity contribution is -0.156. The van der Waals surface area contributed by atoms with Gasteiger partial charge >= 0.3 is 5.97 Å². The maximum absolute atomic E-state index is 12.3. The van der Waals surface area contributed by atoms with Crippen molar-refractivity contribution in [2.75, 3.05) is 18.5 Å². The number of hydrogen-bond donors (Lipinski definition) is 1. The van der Waals surface area contributed by atoms with E-state index in [1.54, 1.807) is 18.2 Å². The van der Waals surface area contributed by atoms with Gasteiger partial charge in [-0.25, -0.2) is 4.79 Å². The van der Waals surface area contributed by atoms with Gasteiger partial charge in [0.2, 0.25) is 6.10 Å². The van der Waals surface area contributed by atoms with Crippen molar-refractivity contribution < 1.29 is 23.8 Å². The predicted molar refractivity (Wildman–Crippen MR) is 101 cm³/mol. The van der Waals surface area contributed by atoms with Gasteiger partial charge in [0.15, 0.2) is 18.1 Å². The van der Waals surface area contributed by atoms with Gasteiger partial charge < -0.3 is 19.5 Å². The van der Waals surface area contributed by atoms with E-state index >= 15 is 0 Å². The molecule has 3 rings (SSSR count). The molecule has 1 amide bonds. The number of carbonyl (C=O) groups is 2. The maximum atomic E-state index is 12.3. The summed E-state index contributed by atoms with van der Waals surface area (Å²) in [5.41, 5.74) is 2.90. The van der Waals surface area contributed by atoms with Crippen molar-refractivity contribution in [1.82, 2.24) is 0 Å². The number of aryl methyl sites for hydroxylation is 2. The van der Waals surface area contributed by atoms with Crippen LogP contribution >= 0.6 is 0 Å². The summed E-state index contributed by atoms with van der Waals surface area (Å²) >= 11 is 0. The molecule has 0 saturated carbocycles. The number of esters is 1. The quantitative estimate of drug-likeness (QED) is 0.792. The third-order valence-corrected chi connectivity index (χ3v) is 4.38. The van der Waals surface area contributed by atoms with Crippen molar-refractivity contribution in [3.63, 3.8) is 0 Å². The first kappa shape index (κ1) is 18.8. The lowest BCUT2D eigenvalue weighted by atomic mass is 10.0. The van der Waals surface area contributed by atoms with Crippen LogP contribution in [0.5, 0.6) is 11.5 Å². The second kappa shape index (κ2) is 8.58. The van der Waals surface area contributed by atoms with Crippen molar-refractivity contribution in [3.05, 3.63) is 53.6 Å². The van der Waals surface area contributed by atoms with Gasteiger partial charge in [-0.2, -0.15) is 0 Å². The van der Waals surface area contributed by atoms with Crippen molar-refractivity contribution in [2.24, 2.45) is 0 Å². The van der Waals surface area contributed by atoms with Crippen LogP contribution in [-0.2, 0) is 27.2 Å². The average molecular weight is 369 g/mol. The van der Waals surface area contributed by atoms with Gasteiger partial charge in [0.1, 0.15) is 6.61 Å². The topological polar surface area (TPSA) is 73.9 Å². The zero-order chi connectivity index (χ0) is 19.2. The summed E-state index contributed by atoms with van der Waals surface area (Å²) in [5.74, 6) is 0.0670. The monoisotopic (exact) mass is 369 g/mol. The highest BCUT2D eigenvalue weighted by Gasteiger charge is 2.29. The molecule has 1 heterocycles. The molecule has 142 valence electrons. The summed E-state index contributed by atoms with van der Waals surface area (Å²) in [5, 5.41) is 2.87. The molecule has 6 heteroatoms. The highest BCUT2D eigenvalue weighted by Crippen LogP contribution is 2.31. The third-order valence-electron chi connectivity index (χ3n) is 4.38. The van der Waals surface area contributed by atoms with Gasteiger partial charge in [-0.05, 0) is 36.1 Å². The van der Waals surface area contributed by atoms with E-state index in [4.69, 9.17) is 14.2 Å². The summed E-state index contributed by atoms with van der Waals surface area (Å²) in [6.45, 7) is 3.74. The molecule has 0 unspecified atom stereocenters. The van der Waals surface area contributed by atoms with E-state index in [9.17, 15) is 9.59 Å². The summed E-state index contributed by atoms with van der Waals surface area (Å²) in [4.78, 5) is 24.5. The van der Waals surface area contributed by atoms with E-state index in [1.807, 2.05) is 38.1 Å². The Bertz CT molecular complexity index is 811. The largest absolute Gasteiger partial charge is 0.485 e. The molecular weight excluding hydrogens is 346 g/mol. The molecule has 1 N–H and O–H groups in total. The van der Waals surface area contributed by atoms with Crippen LogP contribution in [0.2, 0.25) is 0 Å². The minimum Gasteiger partial charge on any atom is -0.485 e. The SMILES string of the molecule is CCc1cccc(CC)c1NC(=O)COC(=O)[C@H]1COc2ccccc2O1. The average Bonchev–Trinajstić information content (AvgIpc) is 2.71. The molecule has 6 nitrogen and oxygen atoms in total. The smallest absolute Gasteiger partial charge is 0.351 e. The second-order valence-corrected chi connectivity index (χ2v) is 6.18. The minimum absolute atomic E-state index is 0.0517. The lowest BCUT2D eigenvalue weighted by Gasteiger charge is -2.24. The highest BCUT2D eigenvalue weighted by molar-refractivity contribution is 5.94. The number of ether oxygens (including phenoxy) is 3. The van der Waals surface area contributed by atoms with E-state index in [-0.39, 0.29) is 19.1 Å². The van der Waals surface area contributed by atoms with Crippen LogP contribution in [-0.4, -0.2) is 31.2 Å². The van der Waals surface area contributed by atoms with Gasteiger partial charge in [0, 0.05) is 5.69 Å². The fourth-order valence-electron chi connectivity index (χ4n) is 2.94. The molecule has 0 aromatic heterocycles. The number of benzene rings is 2. The van der Waals surface area contributed by atoms with Crippen molar-refractivity contribution in [3.8, 4) is 11.5 Å². The number of fused-ring (bicyclic) bond motifs is 1. The molecule has 1 atom stereocenters. The second-order valence-electron chi connectivity index (χ2n) is 6.18. The molecular formula is C21H23NO5. The molecule has 27 heavy (non-hydrogen) atoms. The Labute approximate surface area is 158 Å². The molecule has 0 fully saturated rings. The Morgan fingerprint density at radius 3 is 2.37 bits per heavy atom. The van der Waals surface area contributed by atoms with Crippen LogP contribution in [0.3, 0.4) is 0 Å². The van der Waals surface area contributed by atoms with Gasteiger partial charge in [-0.3, -0.25) is 4.79 Å². The van der Waals surface area contributed by atoms with E-state index in [1.165, 1.54) is 0 Å². The van der Waals surface area contributed by atoms with Gasteiger partial charge in [-0.15, -0.1) is 0 Å². The Hall–Kier alpha value is -3.02. The number of para-hydroxylation sites is 3. The minimum atomic E-state index is -0.887. The van der Waals surface area contributed by atoms with Crippen LogP contribution < -0.4 is 14.8 Å². The van der Waals surface area contributed by atoms with E-state index in [2.05, 4.69) is 5.32 Å². The number of anilines is 1. The molecule has 0 spiro atoms. The molecule has 2 aromatic carbocycles. The fourth-order valence-corrected chi connectivity index (χ4v) is 2.94. The van der Waals surface area contributed by atoms with Gasteiger partial charge in [-0.1, -0.05) is 44.2 Å². The van der Waals surface area contributed by atoms with Crippen molar-refractivity contribution in [2.45, 2.75) is 32.8 Å². The number of hydrogen-bond acceptors (Lipinski definition) is 5. The molecule has 1 aliphatic heterocycles. The van der Waals surface area contributed by atoms with Crippen LogP contribution in [0.1, 0.15) is 25.0 Å². The number of amides is 1.